The lowest BCUT2D eigenvalue weighted by molar-refractivity contribution is -0.135. The van der Waals surface area contributed by atoms with Crippen LogP contribution >= 0.6 is 0 Å². The molecule has 1 atom stereocenters. The van der Waals surface area contributed by atoms with E-state index < -0.39 is 5.54 Å². The number of nitrogens with zero attached hydrogens (tertiary/aromatic N) is 3. The summed E-state index contributed by atoms with van der Waals surface area (Å²) in [6, 6.07) is 7.23. The predicted octanol–water partition coefficient (Wildman–Crippen LogP) is 1.12. The number of carbonyl (C=O) groups is 3. The van der Waals surface area contributed by atoms with E-state index in [-0.39, 0.29) is 30.2 Å². The first-order valence-corrected chi connectivity index (χ1v) is 11.8. The molecule has 0 radical (unpaired) electrons. The maximum Gasteiger partial charge on any atom is 0.325 e. The van der Waals surface area contributed by atoms with Gasteiger partial charge in [0.05, 0.1) is 26.7 Å². The van der Waals surface area contributed by atoms with Gasteiger partial charge >= 0.3 is 6.03 Å². The van der Waals surface area contributed by atoms with E-state index >= 15 is 0 Å². The fraction of sp³-hybridized carbons (Fsp3) is 0.625. The number of carbonyl (C=O) groups excluding carboxylic acids is 3. The Morgan fingerprint density at radius 1 is 1.12 bits per heavy atom. The van der Waals surface area contributed by atoms with Gasteiger partial charge in [-0.05, 0) is 31.7 Å². The molecule has 9 nitrogen and oxygen atoms in total. The monoisotopic (exact) mass is 458 g/mol. The molecule has 1 unspecified atom stereocenters. The molecule has 3 heterocycles. The number of amides is 4. The summed E-state index contributed by atoms with van der Waals surface area (Å²) in [7, 11) is 1.60. The molecule has 4 amide bonds. The highest BCUT2D eigenvalue weighted by Crippen LogP contribution is 2.33. The molecule has 1 aromatic rings. The summed E-state index contributed by atoms with van der Waals surface area (Å²) in [5.74, 6) is 0.610. The molecule has 3 fully saturated rings. The van der Waals surface area contributed by atoms with Crippen molar-refractivity contribution in [3.63, 3.8) is 0 Å². The lowest BCUT2D eigenvalue weighted by Crippen LogP contribution is -2.54. The lowest BCUT2D eigenvalue weighted by atomic mass is 9.79. The van der Waals surface area contributed by atoms with Gasteiger partial charge in [0.15, 0.2) is 0 Å². The molecule has 0 spiro atoms. The second-order valence-corrected chi connectivity index (χ2v) is 9.19. The standard InChI is InChI=1S/C24H34N4O5/c1-24(22(30)28(23(31)25-24)12-11-26-13-15-33-16-14-26)19-7-9-27(10-8-19)21(29)17-18-5-3-4-6-20(18)32-2/h3-6,19H,7-17H2,1-2H3,(H,25,31). The van der Waals surface area contributed by atoms with Gasteiger partial charge in [-0.3, -0.25) is 19.4 Å². The van der Waals surface area contributed by atoms with Crippen LogP contribution in [0.3, 0.4) is 0 Å². The molecule has 0 aliphatic carbocycles. The minimum Gasteiger partial charge on any atom is -0.496 e. The van der Waals surface area contributed by atoms with Crippen molar-refractivity contribution in [2.24, 2.45) is 5.92 Å². The molecule has 0 bridgehead atoms. The zero-order valence-electron chi connectivity index (χ0n) is 19.5. The Balaban J connectivity index is 1.31. The summed E-state index contributed by atoms with van der Waals surface area (Å²) in [6.07, 6.45) is 1.64. The van der Waals surface area contributed by atoms with Crippen LogP contribution in [0, 0.1) is 5.92 Å². The maximum absolute atomic E-state index is 13.2. The molecule has 33 heavy (non-hydrogen) atoms. The Kier molecular flexibility index (Phi) is 7.19. The van der Waals surface area contributed by atoms with E-state index in [0.717, 1.165) is 18.7 Å². The van der Waals surface area contributed by atoms with Crippen molar-refractivity contribution in [2.75, 3.05) is 59.6 Å². The average molecular weight is 459 g/mol. The van der Waals surface area contributed by atoms with Crippen molar-refractivity contribution in [1.82, 2.24) is 20.0 Å². The van der Waals surface area contributed by atoms with E-state index in [9.17, 15) is 14.4 Å². The lowest BCUT2D eigenvalue weighted by Gasteiger charge is -2.39. The molecule has 0 aromatic heterocycles. The van der Waals surface area contributed by atoms with E-state index in [2.05, 4.69) is 10.2 Å². The van der Waals surface area contributed by atoms with Crippen LogP contribution in [0.1, 0.15) is 25.3 Å². The summed E-state index contributed by atoms with van der Waals surface area (Å²) in [4.78, 5) is 44.1. The summed E-state index contributed by atoms with van der Waals surface area (Å²) < 4.78 is 10.7. The van der Waals surface area contributed by atoms with Gasteiger partial charge in [-0.1, -0.05) is 18.2 Å². The van der Waals surface area contributed by atoms with Gasteiger partial charge in [-0.2, -0.15) is 0 Å². The fourth-order valence-electron chi connectivity index (χ4n) is 5.09. The van der Waals surface area contributed by atoms with Crippen molar-refractivity contribution < 1.29 is 23.9 Å². The van der Waals surface area contributed by atoms with Gasteiger partial charge in [0.25, 0.3) is 5.91 Å². The van der Waals surface area contributed by atoms with E-state index in [4.69, 9.17) is 9.47 Å². The first-order chi connectivity index (χ1) is 15.9. The Bertz CT molecular complexity index is 879. The highest BCUT2D eigenvalue weighted by Gasteiger charge is 2.52. The van der Waals surface area contributed by atoms with Crippen LogP contribution in [0.2, 0.25) is 0 Å². The second kappa shape index (κ2) is 10.1. The van der Waals surface area contributed by atoms with Crippen LogP contribution in [0.5, 0.6) is 5.75 Å². The van der Waals surface area contributed by atoms with Crippen LogP contribution in [-0.4, -0.2) is 97.7 Å². The third-order valence-corrected chi connectivity index (χ3v) is 7.24. The van der Waals surface area contributed by atoms with Crippen molar-refractivity contribution in [1.29, 1.82) is 0 Å². The molecule has 180 valence electrons. The Labute approximate surface area is 195 Å². The van der Waals surface area contributed by atoms with Gasteiger partial charge in [-0.25, -0.2) is 4.79 Å². The first-order valence-electron chi connectivity index (χ1n) is 11.8. The normalized spacial score (nSPS) is 24.8. The number of para-hydroxylation sites is 1. The van der Waals surface area contributed by atoms with Crippen LogP contribution < -0.4 is 10.1 Å². The number of hydrogen-bond acceptors (Lipinski definition) is 6. The smallest absolute Gasteiger partial charge is 0.325 e. The molecule has 3 saturated heterocycles. The first kappa shape index (κ1) is 23.5. The number of piperidine rings is 1. The number of nitrogens with one attached hydrogen (secondary N) is 1. The molecule has 1 aromatic carbocycles. The highest BCUT2D eigenvalue weighted by atomic mass is 16.5. The van der Waals surface area contributed by atoms with Gasteiger partial charge in [0.1, 0.15) is 11.3 Å². The minimum absolute atomic E-state index is 0.00218. The number of hydrogen-bond donors (Lipinski definition) is 1. The van der Waals surface area contributed by atoms with Gasteiger partial charge < -0.3 is 19.7 Å². The Morgan fingerprint density at radius 2 is 1.82 bits per heavy atom. The minimum atomic E-state index is -0.917. The summed E-state index contributed by atoms with van der Waals surface area (Å²) in [5, 5.41) is 2.96. The molecular weight excluding hydrogens is 424 g/mol. The highest BCUT2D eigenvalue weighted by molar-refractivity contribution is 6.07. The number of urea groups is 1. The molecule has 1 N–H and O–H groups in total. The van der Waals surface area contributed by atoms with E-state index in [1.807, 2.05) is 36.1 Å². The predicted molar refractivity (Wildman–Crippen MR) is 122 cm³/mol. The van der Waals surface area contributed by atoms with E-state index in [1.54, 1.807) is 7.11 Å². The second-order valence-electron chi connectivity index (χ2n) is 9.19. The fourth-order valence-corrected chi connectivity index (χ4v) is 5.09. The average Bonchev–Trinajstić information content (AvgIpc) is 3.07. The molecule has 3 aliphatic rings. The third-order valence-electron chi connectivity index (χ3n) is 7.24. The van der Waals surface area contributed by atoms with Crippen molar-refractivity contribution in [2.45, 2.75) is 31.7 Å². The van der Waals surface area contributed by atoms with Crippen LogP contribution in [0.25, 0.3) is 0 Å². The SMILES string of the molecule is COc1ccccc1CC(=O)N1CCC(C2(C)NC(=O)N(CCN3CCOCC3)C2=O)CC1. The summed E-state index contributed by atoms with van der Waals surface area (Å²) >= 11 is 0. The van der Waals surface area contributed by atoms with Gasteiger partial charge in [-0.15, -0.1) is 0 Å². The van der Waals surface area contributed by atoms with E-state index in [0.29, 0.717) is 58.0 Å². The number of benzene rings is 1. The van der Waals surface area contributed by atoms with E-state index in [1.165, 1.54) is 4.90 Å². The topological polar surface area (TPSA) is 91.4 Å². The van der Waals surface area contributed by atoms with Crippen molar-refractivity contribution in [3.8, 4) is 5.75 Å². The van der Waals surface area contributed by atoms with Gasteiger partial charge in [0.2, 0.25) is 5.91 Å². The third kappa shape index (κ3) is 4.99. The van der Waals surface area contributed by atoms with Crippen LogP contribution in [-0.2, 0) is 20.7 Å². The number of morpholine rings is 1. The number of ether oxygens (including phenoxy) is 2. The molecular formula is C24H34N4O5. The number of rotatable bonds is 7. The zero-order valence-corrected chi connectivity index (χ0v) is 19.5. The summed E-state index contributed by atoms with van der Waals surface area (Å²) in [6.45, 7) is 7.04. The summed E-state index contributed by atoms with van der Waals surface area (Å²) in [5.41, 5.74) is -0.0481. The maximum atomic E-state index is 13.2. The number of methoxy groups -OCH3 is 1. The van der Waals surface area contributed by atoms with Crippen molar-refractivity contribution in [3.05, 3.63) is 29.8 Å². The van der Waals surface area contributed by atoms with Crippen LogP contribution in [0.4, 0.5) is 4.79 Å². The number of imide groups is 1. The Morgan fingerprint density at radius 3 is 2.52 bits per heavy atom. The van der Waals surface area contributed by atoms with Crippen molar-refractivity contribution >= 4 is 17.8 Å². The number of likely N-dealkylation sites (tertiary alicyclic amines) is 1. The Hall–Kier alpha value is -2.65. The van der Waals surface area contributed by atoms with Crippen LogP contribution in [0.15, 0.2) is 24.3 Å². The molecule has 4 rings (SSSR count). The molecule has 3 aliphatic heterocycles. The molecule has 9 heteroatoms. The molecule has 0 saturated carbocycles. The zero-order chi connectivity index (χ0) is 23.4. The largest absolute Gasteiger partial charge is 0.496 e. The van der Waals surface area contributed by atoms with Gasteiger partial charge in [0, 0.05) is 44.8 Å². The quantitative estimate of drug-likeness (QED) is 0.616.